The Morgan fingerprint density at radius 2 is 1.56 bits per heavy atom. The third-order valence-electron chi connectivity index (χ3n) is 4.97. The van der Waals surface area contributed by atoms with Gasteiger partial charge in [0.1, 0.15) is 6.54 Å². The van der Waals surface area contributed by atoms with Crippen LogP contribution in [-0.2, 0) is 21.4 Å². The van der Waals surface area contributed by atoms with Crippen molar-refractivity contribution in [2.45, 2.75) is 13.5 Å². The van der Waals surface area contributed by atoms with Crippen molar-refractivity contribution in [2.75, 3.05) is 22.4 Å². The molecule has 9 heteroatoms. The molecule has 0 aliphatic carbocycles. The highest BCUT2D eigenvalue weighted by molar-refractivity contribution is 7.92. The van der Waals surface area contributed by atoms with E-state index in [0.29, 0.717) is 12.1 Å². The molecular formula is C25H25N3O5S. The lowest BCUT2D eigenvalue weighted by molar-refractivity contribution is -0.114. The average Bonchev–Trinajstić information content (AvgIpc) is 2.81. The van der Waals surface area contributed by atoms with Crippen LogP contribution < -0.4 is 14.9 Å². The van der Waals surface area contributed by atoms with E-state index >= 15 is 0 Å². The van der Waals surface area contributed by atoms with Crippen LogP contribution in [0.15, 0.2) is 78.9 Å². The van der Waals surface area contributed by atoms with E-state index in [4.69, 9.17) is 0 Å². The van der Waals surface area contributed by atoms with Gasteiger partial charge < -0.3 is 10.6 Å². The van der Waals surface area contributed by atoms with Crippen molar-refractivity contribution >= 4 is 39.0 Å². The number of carbonyl (C=O) groups excluding carboxylic acids is 3. The molecule has 0 bridgehead atoms. The van der Waals surface area contributed by atoms with Gasteiger partial charge in [0.05, 0.1) is 23.2 Å². The third-order valence-corrected chi connectivity index (χ3v) is 6.11. The summed E-state index contributed by atoms with van der Waals surface area (Å²) >= 11 is 0. The molecule has 3 rings (SSSR count). The van der Waals surface area contributed by atoms with E-state index in [1.807, 2.05) is 30.3 Å². The predicted octanol–water partition coefficient (Wildman–Crippen LogP) is 3.22. The van der Waals surface area contributed by atoms with Crippen LogP contribution in [0.5, 0.6) is 0 Å². The number of hydrogen-bond acceptors (Lipinski definition) is 5. The van der Waals surface area contributed by atoms with Crippen LogP contribution in [-0.4, -0.2) is 38.8 Å². The normalized spacial score (nSPS) is 10.9. The summed E-state index contributed by atoms with van der Waals surface area (Å²) in [5.41, 5.74) is 1.94. The Balaban J connectivity index is 1.76. The summed E-state index contributed by atoms with van der Waals surface area (Å²) in [7, 11) is -3.83. The zero-order valence-corrected chi connectivity index (χ0v) is 19.6. The molecule has 0 unspecified atom stereocenters. The molecule has 0 saturated heterocycles. The fourth-order valence-electron chi connectivity index (χ4n) is 3.26. The minimum Gasteiger partial charge on any atom is -0.348 e. The van der Waals surface area contributed by atoms with Crippen LogP contribution in [0.3, 0.4) is 0 Å². The molecule has 176 valence electrons. The van der Waals surface area contributed by atoms with Crippen molar-refractivity contribution in [1.82, 2.24) is 5.32 Å². The Bertz CT molecular complexity index is 1310. The number of ketones is 1. The molecule has 0 aromatic heterocycles. The molecule has 0 radical (unpaired) electrons. The smallest absolute Gasteiger partial charge is 0.253 e. The quantitative estimate of drug-likeness (QED) is 0.458. The van der Waals surface area contributed by atoms with Crippen molar-refractivity contribution in [3.05, 3.63) is 95.6 Å². The van der Waals surface area contributed by atoms with Crippen molar-refractivity contribution < 1.29 is 22.8 Å². The first-order valence-corrected chi connectivity index (χ1v) is 12.3. The van der Waals surface area contributed by atoms with Gasteiger partial charge in [-0.15, -0.1) is 0 Å². The summed E-state index contributed by atoms with van der Waals surface area (Å²) < 4.78 is 25.7. The van der Waals surface area contributed by atoms with Crippen LogP contribution in [0, 0.1) is 0 Å². The highest BCUT2D eigenvalue weighted by atomic mass is 32.2. The molecule has 0 fully saturated rings. The van der Waals surface area contributed by atoms with E-state index in [1.165, 1.54) is 19.1 Å². The Morgan fingerprint density at radius 3 is 2.24 bits per heavy atom. The minimum atomic E-state index is -3.83. The molecule has 0 saturated carbocycles. The molecule has 3 aromatic carbocycles. The monoisotopic (exact) mass is 479 g/mol. The van der Waals surface area contributed by atoms with Gasteiger partial charge in [-0.1, -0.05) is 54.6 Å². The van der Waals surface area contributed by atoms with Crippen molar-refractivity contribution in [3.8, 4) is 0 Å². The van der Waals surface area contributed by atoms with Crippen LogP contribution >= 0.6 is 0 Å². The first-order chi connectivity index (χ1) is 16.1. The summed E-state index contributed by atoms with van der Waals surface area (Å²) in [5.74, 6) is -1.24. The summed E-state index contributed by atoms with van der Waals surface area (Å²) in [6, 6.07) is 21.9. The summed E-state index contributed by atoms with van der Waals surface area (Å²) in [6.45, 7) is 1.16. The highest BCUT2D eigenvalue weighted by Gasteiger charge is 2.22. The van der Waals surface area contributed by atoms with E-state index in [9.17, 15) is 22.8 Å². The van der Waals surface area contributed by atoms with Crippen molar-refractivity contribution in [2.24, 2.45) is 0 Å². The Labute approximate surface area is 198 Å². The maximum atomic E-state index is 12.8. The van der Waals surface area contributed by atoms with Gasteiger partial charge in [0.25, 0.3) is 5.91 Å². The zero-order valence-electron chi connectivity index (χ0n) is 18.8. The molecule has 2 amide bonds. The lowest BCUT2D eigenvalue weighted by atomic mass is 10.1. The lowest BCUT2D eigenvalue weighted by Gasteiger charge is -2.22. The fourth-order valence-corrected chi connectivity index (χ4v) is 4.11. The fraction of sp³-hybridized carbons (Fsp3) is 0.160. The molecule has 34 heavy (non-hydrogen) atoms. The number of rotatable bonds is 9. The number of benzene rings is 3. The van der Waals surface area contributed by atoms with Crippen molar-refractivity contribution in [3.63, 3.8) is 0 Å². The molecule has 2 N–H and O–H groups in total. The third kappa shape index (κ3) is 6.52. The second kappa shape index (κ2) is 10.8. The molecule has 0 heterocycles. The molecule has 0 aliphatic rings. The number of sulfonamides is 1. The van der Waals surface area contributed by atoms with E-state index in [0.717, 1.165) is 16.1 Å². The predicted molar refractivity (Wildman–Crippen MR) is 131 cm³/mol. The van der Waals surface area contributed by atoms with Gasteiger partial charge in [-0.05, 0) is 36.8 Å². The Kier molecular flexibility index (Phi) is 7.80. The first kappa shape index (κ1) is 24.7. The molecule has 0 atom stereocenters. The first-order valence-electron chi connectivity index (χ1n) is 10.4. The van der Waals surface area contributed by atoms with Gasteiger partial charge in [0.15, 0.2) is 5.78 Å². The molecule has 0 spiro atoms. The van der Waals surface area contributed by atoms with Crippen LogP contribution in [0.25, 0.3) is 0 Å². The van der Waals surface area contributed by atoms with Gasteiger partial charge in [0.2, 0.25) is 15.9 Å². The van der Waals surface area contributed by atoms with E-state index in [2.05, 4.69) is 10.6 Å². The molecule has 0 aliphatic heterocycles. The van der Waals surface area contributed by atoms with E-state index in [-0.39, 0.29) is 28.6 Å². The minimum absolute atomic E-state index is 0.194. The van der Waals surface area contributed by atoms with E-state index < -0.39 is 22.5 Å². The van der Waals surface area contributed by atoms with Gasteiger partial charge in [-0.2, -0.15) is 0 Å². The molecule has 8 nitrogen and oxygen atoms in total. The molecule has 3 aromatic rings. The highest BCUT2D eigenvalue weighted by Crippen LogP contribution is 2.21. The lowest BCUT2D eigenvalue weighted by Crippen LogP contribution is -2.37. The van der Waals surface area contributed by atoms with Gasteiger partial charge >= 0.3 is 0 Å². The number of carbonyl (C=O) groups is 3. The maximum absolute atomic E-state index is 12.8. The number of para-hydroxylation sites is 1. The van der Waals surface area contributed by atoms with Crippen LogP contribution in [0.4, 0.5) is 11.4 Å². The number of amides is 2. The van der Waals surface area contributed by atoms with Gasteiger partial charge in [0, 0.05) is 12.1 Å². The SMILES string of the molecule is CC(=O)c1cccc(N(CC(=O)Nc2ccccc2C(=O)NCc2ccccc2)S(C)(=O)=O)c1. The second-order valence-corrected chi connectivity index (χ2v) is 9.54. The number of nitrogens with zero attached hydrogens (tertiary/aromatic N) is 1. The molecular weight excluding hydrogens is 454 g/mol. The van der Waals surface area contributed by atoms with E-state index in [1.54, 1.807) is 36.4 Å². The Morgan fingerprint density at radius 1 is 0.882 bits per heavy atom. The zero-order chi connectivity index (χ0) is 24.7. The van der Waals surface area contributed by atoms with Crippen LogP contribution in [0.2, 0.25) is 0 Å². The number of Topliss-reactive ketones (excluding diaryl/α,β-unsaturated/α-hetero) is 1. The Hall–Kier alpha value is -3.98. The van der Waals surface area contributed by atoms with Crippen molar-refractivity contribution in [1.29, 1.82) is 0 Å². The number of hydrogen-bond donors (Lipinski definition) is 2. The largest absolute Gasteiger partial charge is 0.348 e. The number of nitrogens with one attached hydrogen (secondary N) is 2. The topological polar surface area (TPSA) is 113 Å². The second-order valence-electron chi connectivity index (χ2n) is 7.64. The average molecular weight is 480 g/mol. The number of anilines is 2. The summed E-state index contributed by atoms with van der Waals surface area (Å²) in [4.78, 5) is 37.2. The summed E-state index contributed by atoms with van der Waals surface area (Å²) in [5, 5.41) is 5.43. The maximum Gasteiger partial charge on any atom is 0.253 e. The summed E-state index contributed by atoms with van der Waals surface area (Å²) in [6.07, 6.45) is 0.978. The standard InChI is InChI=1S/C25H25N3O5S/c1-18(29)20-11-8-12-21(15-20)28(34(2,32)33)17-24(30)27-23-14-7-6-13-22(23)25(31)26-16-19-9-4-3-5-10-19/h3-15H,16-17H2,1-2H3,(H,26,31)(H,27,30). The van der Waals surface area contributed by atoms with Gasteiger partial charge in [-0.25, -0.2) is 8.42 Å². The van der Waals surface area contributed by atoms with Crippen LogP contribution in [0.1, 0.15) is 33.2 Å². The van der Waals surface area contributed by atoms with Gasteiger partial charge in [-0.3, -0.25) is 18.7 Å².